The van der Waals surface area contributed by atoms with Gasteiger partial charge in [0.1, 0.15) is 0 Å². The quantitative estimate of drug-likeness (QED) is 0.561. The molecule has 0 radical (unpaired) electrons. The van der Waals surface area contributed by atoms with E-state index in [9.17, 15) is 5.11 Å². The normalized spacial score (nSPS) is 11.3. The Balaban J connectivity index is 2.57. The molecule has 2 rings (SSSR count). The summed E-state index contributed by atoms with van der Waals surface area (Å²) in [5.74, 6) is -0.0525. The van der Waals surface area contributed by atoms with Crippen LogP contribution in [0.25, 0.3) is 21.5 Å². The van der Waals surface area contributed by atoms with E-state index in [1.54, 1.807) is 6.07 Å². The summed E-state index contributed by atoms with van der Waals surface area (Å²) in [6.45, 7) is 0. The molecule has 0 unspecified atom stereocenters. The molecule has 0 aliphatic rings. The molecular weight excluding hydrogens is 188 g/mol. The minimum absolute atomic E-state index is 0.0525. The van der Waals surface area contributed by atoms with Crippen molar-refractivity contribution in [3.8, 4) is 0 Å². The van der Waals surface area contributed by atoms with Crippen molar-refractivity contribution in [3.63, 3.8) is 0 Å². The molecule has 0 heterocycles. The van der Waals surface area contributed by atoms with Gasteiger partial charge in [0.05, 0.1) is 0 Å². The van der Waals surface area contributed by atoms with Gasteiger partial charge < -0.3 is 5.11 Å². The molecule has 2 aromatic carbocycles. The molecule has 0 saturated heterocycles. The third kappa shape index (κ3) is 1.79. The first kappa shape index (κ1) is 9.22. The number of fused-ring (bicyclic) bond motifs is 1. The minimum Gasteiger partial charge on any atom is -0.501 e. The first-order valence-corrected chi connectivity index (χ1v) is 4.54. The maximum atomic E-state index is 9.49. The minimum atomic E-state index is -0.0525. The fraction of sp³-hybridized carbons (Fsp3) is 0. The van der Waals surface area contributed by atoms with E-state index < -0.39 is 0 Å². The van der Waals surface area contributed by atoms with Gasteiger partial charge >= 0.3 is 6.20 Å². The summed E-state index contributed by atoms with van der Waals surface area (Å²) >= 11 is 0. The van der Waals surface area contributed by atoms with Crippen molar-refractivity contribution in [2.75, 3.05) is 0 Å². The van der Waals surface area contributed by atoms with Crippen LogP contribution in [0.3, 0.4) is 0 Å². The molecule has 2 aromatic rings. The average molecular weight is 197 g/mol. The van der Waals surface area contributed by atoms with Gasteiger partial charge in [-0.05, 0) is 16.8 Å². The molecule has 0 fully saturated rings. The van der Waals surface area contributed by atoms with Gasteiger partial charge in [0, 0.05) is 5.56 Å². The van der Waals surface area contributed by atoms with Gasteiger partial charge in [0.15, 0.2) is 4.98 Å². The SMILES string of the molecule is N#[N+]/C=C(/O)c1ccc2ccccc2c1. The highest BCUT2D eigenvalue weighted by Crippen LogP contribution is 2.19. The number of benzene rings is 2. The summed E-state index contributed by atoms with van der Waals surface area (Å²) in [6, 6.07) is 13.4. The number of diazo groups is 1. The lowest BCUT2D eigenvalue weighted by atomic mass is 10.1. The van der Waals surface area contributed by atoms with E-state index in [4.69, 9.17) is 5.39 Å². The van der Waals surface area contributed by atoms with Crippen molar-refractivity contribution in [2.45, 2.75) is 0 Å². The fourth-order valence-corrected chi connectivity index (χ4v) is 1.48. The maximum absolute atomic E-state index is 9.49. The Morgan fingerprint density at radius 1 is 1.13 bits per heavy atom. The second-order valence-corrected chi connectivity index (χ2v) is 3.19. The molecule has 1 N–H and O–H groups in total. The van der Waals surface area contributed by atoms with Crippen LogP contribution in [0, 0.1) is 5.39 Å². The van der Waals surface area contributed by atoms with Crippen LogP contribution in [0.5, 0.6) is 0 Å². The Hall–Kier alpha value is -2.34. The van der Waals surface area contributed by atoms with Crippen molar-refractivity contribution in [2.24, 2.45) is 0 Å². The van der Waals surface area contributed by atoms with Crippen LogP contribution in [0.2, 0.25) is 0 Å². The first-order chi connectivity index (χ1) is 7.31. The van der Waals surface area contributed by atoms with Gasteiger partial charge in [-0.2, -0.15) is 0 Å². The number of hydrogen-bond donors (Lipinski definition) is 1. The lowest BCUT2D eigenvalue weighted by molar-refractivity contribution is 0.512. The number of rotatable bonds is 1. The highest BCUT2D eigenvalue weighted by atomic mass is 16.3. The molecule has 0 spiro atoms. The highest BCUT2D eigenvalue weighted by molar-refractivity contribution is 5.85. The summed E-state index contributed by atoms with van der Waals surface area (Å²) < 4.78 is 0. The largest absolute Gasteiger partial charge is 0.501 e. The van der Waals surface area contributed by atoms with Crippen LogP contribution in [0.1, 0.15) is 5.56 Å². The molecule has 72 valence electrons. The second kappa shape index (κ2) is 3.81. The summed E-state index contributed by atoms with van der Waals surface area (Å²) in [5.41, 5.74) is 0.631. The highest BCUT2D eigenvalue weighted by Gasteiger charge is 2.04. The topological polar surface area (TPSA) is 48.4 Å². The molecule has 0 aromatic heterocycles. The molecule has 0 aliphatic heterocycles. The molecule has 3 heteroatoms. The van der Waals surface area contributed by atoms with E-state index >= 15 is 0 Å². The molecule has 0 atom stereocenters. The Kier molecular flexibility index (Phi) is 2.34. The predicted octanol–water partition coefficient (Wildman–Crippen LogP) is 3.55. The van der Waals surface area contributed by atoms with Gasteiger partial charge in [-0.1, -0.05) is 36.4 Å². The van der Waals surface area contributed by atoms with Gasteiger partial charge in [0.25, 0.3) is 0 Å². The number of nitrogens with zero attached hydrogens (tertiary/aromatic N) is 2. The average Bonchev–Trinajstić information content (AvgIpc) is 2.29. The second-order valence-electron chi connectivity index (χ2n) is 3.19. The Morgan fingerprint density at radius 2 is 1.87 bits per heavy atom. The molecule has 0 amide bonds. The van der Waals surface area contributed by atoms with Crippen LogP contribution in [-0.4, -0.2) is 5.11 Å². The zero-order chi connectivity index (χ0) is 10.7. The third-order valence-corrected chi connectivity index (χ3v) is 2.23. The van der Waals surface area contributed by atoms with Crippen LogP contribution < -0.4 is 0 Å². The summed E-state index contributed by atoms with van der Waals surface area (Å²) in [4.78, 5) is 2.78. The van der Waals surface area contributed by atoms with Crippen molar-refractivity contribution in [1.82, 2.24) is 0 Å². The predicted molar refractivity (Wildman–Crippen MR) is 59.6 cm³/mol. The van der Waals surface area contributed by atoms with Crippen LogP contribution in [0.15, 0.2) is 48.7 Å². The van der Waals surface area contributed by atoms with Gasteiger partial charge in [-0.15, -0.1) is 0 Å². The van der Waals surface area contributed by atoms with Crippen molar-refractivity contribution < 1.29 is 5.11 Å². The van der Waals surface area contributed by atoms with Crippen LogP contribution in [0.4, 0.5) is 0 Å². The summed E-state index contributed by atoms with van der Waals surface area (Å²) in [6.07, 6.45) is 1.00. The summed E-state index contributed by atoms with van der Waals surface area (Å²) in [5, 5.41) is 19.9. The number of aliphatic hydroxyl groups excluding tert-OH is 1. The Morgan fingerprint density at radius 3 is 2.60 bits per heavy atom. The van der Waals surface area contributed by atoms with Gasteiger partial charge in [0.2, 0.25) is 11.2 Å². The van der Waals surface area contributed by atoms with E-state index in [2.05, 4.69) is 4.98 Å². The number of aliphatic hydroxyl groups is 1. The van der Waals surface area contributed by atoms with Gasteiger partial charge in [-0.25, -0.2) is 0 Å². The van der Waals surface area contributed by atoms with Crippen LogP contribution >= 0.6 is 0 Å². The van der Waals surface area contributed by atoms with E-state index in [1.807, 2.05) is 36.4 Å². The molecule has 0 bridgehead atoms. The van der Waals surface area contributed by atoms with E-state index in [1.165, 1.54) is 0 Å². The zero-order valence-corrected chi connectivity index (χ0v) is 7.96. The third-order valence-electron chi connectivity index (χ3n) is 2.23. The Bertz CT molecular complexity index is 567. The maximum Gasteiger partial charge on any atom is 0.392 e. The fourth-order valence-electron chi connectivity index (χ4n) is 1.48. The van der Waals surface area contributed by atoms with Crippen LogP contribution in [-0.2, 0) is 0 Å². The standard InChI is InChI=1S/C12H8N2O/c13-14-8-12(15)11-6-5-9-3-1-2-4-10(9)7-11/h1-8H/p+1/b12-8+. The Labute approximate surface area is 86.9 Å². The van der Waals surface area contributed by atoms with Crippen molar-refractivity contribution >= 4 is 16.5 Å². The lowest BCUT2D eigenvalue weighted by Gasteiger charge is -1.99. The molecule has 15 heavy (non-hydrogen) atoms. The molecule has 0 aliphatic carbocycles. The molecule has 3 nitrogen and oxygen atoms in total. The van der Waals surface area contributed by atoms with Crippen molar-refractivity contribution in [1.29, 1.82) is 5.39 Å². The smallest absolute Gasteiger partial charge is 0.392 e. The lowest BCUT2D eigenvalue weighted by Crippen LogP contribution is -1.82. The van der Waals surface area contributed by atoms with Gasteiger partial charge in [-0.3, -0.25) is 0 Å². The zero-order valence-electron chi connectivity index (χ0n) is 7.96. The molecular formula is C12H9N2O+. The monoisotopic (exact) mass is 197 g/mol. The number of hydrogen-bond acceptors (Lipinski definition) is 2. The van der Waals surface area contributed by atoms with E-state index in [0.717, 1.165) is 17.0 Å². The first-order valence-electron chi connectivity index (χ1n) is 4.54. The van der Waals surface area contributed by atoms with Crippen molar-refractivity contribution in [3.05, 3.63) is 59.2 Å². The molecule has 0 saturated carbocycles. The van der Waals surface area contributed by atoms with E-state index in [0.29, 0.717) is 5.56 Å². The van der Waals surface area contributed by atoms with E-state index in [-0.39, 0.29) is 5.76 Å². The summed E-state index contributed by atoms with van der Waals surface area (Å²) in [7, 11) is 0.